The Balaban J connectivity index is 1.66. The van der Waals surface area contributed by atoms with Crippen molar-refractivity contribution in [2.45, 2.75) is 92.1 Å². The number of hydrogen-bond donors (Lipinski definition) is 1. The van der Waals surface area contributed by atoms with Gasteiger partial charge in [-0.3, -0.25) is 9.59 Å². The van der Waals surface area contributed by atoms with Gasteiger partial charge in [-0.1, -0.05) is 52.3 Å². The van der Waals surface area contributed by atoms with E-state index in [1.54, 1.807) is 13.0 Å². The topological polar surface area (TPSA) is 69.4 Å². The van der Waals surface area contributed by atoms with Gasteiger partial charge < -0.3 is 10.5 Å². The average Bonchev–Trinajstić information content (AvgIpc) is 2.81. The summed E-state index contributed by atoms with van der Waals surface area (Å²) in [7, 11) is 1.54. The van der Waals surface area contributed by atoms with Crippen LogP contribution in [0.1, 0.15) is 86.5 Å². The van der Waals surface area contributed by atoms with Crippen molar-refractivity contribution < 1.29 is 14.3 Å². The number of Topliss-reactive ketones (excluding diaryl/α,β-unsaturated/α-hetero) is 1. The monoisotopic (exact) mass is 465 g/mol. The molecule has 0 heterocycles. The lowest BCUT2D eigenvalue weighted by atomic mass is 9.34. The third kappa shape index (κ3) is 2.73. The molecular weight excluding hydrogens is 422 g/mol. The molecule has 0 bridgehead atoms. The van der Waals surface area contributed by atoms with Crippen molar-refractivity contribution in [2.75, 3.05) is 13.7 Å². The molecule has 0 radical (unpaired) electrons. The van der Waals surface area contributed by atoms with Crippen molar-refractivity contribution in [3.05, 3.63) is 34.9 Å². The zero-order valence-electron chi connectivity index (χ0n) is 22.3. The smallest absolute Gasteiger partial charge is 0.238 e. The van der Waals surface area contributed by atoms with Gasteiger partial charge in [0.15, 0.2) is 5.60 Å². The van der Waals surface area contributed by atoms with E-state index < -0.39 is 17.2 Å². The maximum atomic E-state index is 12.8. The number of nitrogens with two attached hydrogens (primary N) is 1. The Bertz CT molecular complexity index is 1070. The molecular formula is C30H43NO3. The fraction of sp³-hybridized carbons (Fsp3) is 0.733. The minimum absolute atomic E-state index is 0.0356. The first-order valence-electron chi connectivity index (χ1n) is 13.2. The highest BCUT2D eigenvalue weighted by molar-refractivity contribution is 6.46. The number of carbonyl (C=O) groups is 2. The van der Waals surface area contributed by atoms with Crippen LogP contribution in [0.15, 0.2) is 34.9 Å². The first-order chi connectivity index (χ1) is 15.7. The maximum Gasteiger partial charge on any atom is 0.238 e. The lowest BCUT2D eigenvalue weighted by molar-refractivity contribution is -0.160. The SMILES string of the molecule is CO[C@]1(C)C(=O)C(=O)C=C2C1=CC=C1[C@@]2(C)CC[C@@]2(C)[C@@H]3C[C@](C)(CN)CC[C@]3(C)CC[C@]12C. The third-order valence-corrected chi connectivity index (χ3v) is 12.0. The van der Waals surface area contributed by atoms with E-state index in [0.717, 1.165) is 30.5 Å². The Kier molecular flexibility index (Phi) is 5.00. The molecule has 0 spiro atoms. The van der Waals surface area contributed by atoms with Crippen molar-refractivity contribution >= 4 is 11.6 Å². The molecule has 5 aliphatic carbocycles. The van der Waals surface area contributed by atoms with Gasteiger partial charge in [-0.05, 0) is 103 Å². The zero-order valence-corrected chi connectivity index (χ0v) is 22.3. The molecule has 0 unspecified atom stereocenters. The number of rotatable bonds is 2. The Hall–Kier alpha value is -1.52. The number of ether oxygens (including phenoxy) is 1. The second-order valence-corrected chi connectivity index (χ2v) is 13.7. The second kappa shape index (κ2) is 7.03. The summed E-state index contributed by atoms with van der Waals surface area (Å²) < 4.78 is 5.71. The van der Waals surface area contributed by atoms with E-state index in [2.05, 4.69) is 46.8 Å². The fourth-order valence-corrected chi connectivity index (χ4v) is 9.04. The first-order valence-corrected chi connectivity index (χ1v) is 13.2. The van der Waals surface area contributed by atoms with Crippen LogP contribution in [0.2, 0.25) is 0 Å². The molecule has 2 N–H and O–H groups in total. The molecule has 0 aromatic carbocycles. The molecule has 0 saturated heterocycles. The highest BCUT2D eigenvalue weighted by Crippen LogP contribution is 2.75. The van der Waals surface area contributed by atoms with Gasteiger partial charge in [0, 0.05) is 12.5 Å². The molecule has 0 aromatic heterocycles. The molecule has 7 atom stereocenters. The Labute approximate surface area is 205 Å². The minimum Gasteiger partial charge on any atom is -0.365 e. The summed E-state index contributed by atoms with van der Waals surface area (Å²) in [6, 6.07) is 0. The van der Waals surface area contributed by atoms with Crippen LogP contribution in [0, 0.1) is 33.0 Å². The summed E-state index contributed by atoms with van der Waals surface area (Å²) in [6.45, 7) is 14.8. The lowest BCUT2D eigenvalue weighted by Crippen LogP contribution is -2.62. The molecule has 34 heavy (non-hydrogen) atoms. The van der Waals surface area contributed by atoms with Gasteiger partial charge in [0.05, 0.1) is 0 Å². The molecule has 0 aliphatic heterocycles. The summed E-state index contributed by atoms with van der Waals surface area (Å²) in [6.07, 6.45) is 14.2. The molecule has 0 aromatic rings. The molecule has 4 nitrogen and oxygen atoms in total. The van der Waals surface area contributed by atoms with Crippen LogP contribution in [-0.2, 0) is 14.3 Å². The van der Waals surface area contributed by atoms with Crippen LogP contribution in [-0.4, -0.2) is 30.8 Å². The average molecular weight is 466 g/mol. The van der Waals surface area contributed by atoms with Crippen molar-refractivity contribution in [1.29, 1.82) is 0 Å². The van der Waals surface area contributed by atoms with E-state index in [9.17, 15) is 9.59 Å². The zero-order chi connectivity index (χ0) is 24.9. The standard InChI is InChI=1S/C30H43NO3/c1-25(18-31)10-11-26(2)12-14-28(4)22-9-8-19-20(16-21(32)24(33)30(19,6)34-7)27(22,3)13-15-29(28,5)23(26)17-25/h8-9,16,23H,10-15,17-18,31H2,1-7H3/t23-,25-,26-,27+,28-,29+,30+/m1/s1. The van der Waals surface area contributed by atoms with Crippen molar-refractivity contribution in [3.8, 4) is 0 Å². The van der Waals surface area contributed by atoms with Crippen LogP contribution in [0.25, 0.3) is 0 Å². The molecule has 3 fully saturated rings. The predicted molar refractivity (Wildman–Crippen MR) is 135 cm³/mol. The molecule has 0 amide bonds. The summed E-state index contributed by atoms with van der Waals surface area (Å²) >= 11 is 0. The van der Waals surface area contributed by atoms with Crippen LogP contribution in [0.3, 0.4) is 0 Å². The summed E-state index contributed by atoms with van der Waals surface area (Å²) in [5, 5.41) is 0. The highest BCUT2D eigenvalue weighted by atomic mass is 16.5. The van der Waals surface area contributed by atoms with Crippen molar-refractivity contribution in [2.24, 2.45) is 38.7 Å². The Morgan fingerprint density at radius 1 is 0.912 bits per heavy atom. The second-order valence-electron chi connectivity index (χ2n) is 13.7. The van der Waals surface area contributed by atoms with E-state index >= 15 is 0 Å². The van der Waals surface area contributed by atoms with Crippen molar-refractivity contribution in [1.82, 2.24) is 0 Å². The first kappa shape index (κ1) is 24.2. The predicted octanol–water partition coefficient (Wildman–Crippen LogP) is 5.71. The van der Waals surface area contributed by atoms with E-state index in [1.807, 2.05) is 0 Å². The Morgan fingerprint density at radius 3 is 2.24 bits per heavy atom. The van der Waals surface area contributed by atoms with Crippen LogP contribution in [0.4, 0.5) is 0 Å². The fourth-order valence-electron chi connectivity index (χ4n) is 9.04. The third-order valence-electron chi connectivity index (χ3n) is 12.0. The maximum absolute atomic E-state index is 12.8. The summed E-state index contributed by atoms with van der Waals surface area (Å²) in [5.74, 6) is -0.265. The Morgan fingerprint density at radius 2 is 1.59 bits per heavy atom. The lowest BCUT2D eigenvalue weighted by Gasteiger charge is -2.70. The van der Waals surface area contributed by atoms with Gasteiger partial charge >= 0.3 is 0 Å². The van der Waals surface area contributed by atoms with Crippen LogP contribution < -0.4 is 5.73 Å². The number of fused-ring (bicyclic) bond motifs is 7. The van der Waals surface area contributed by atoms with E-state index in [0.29, 0.717) is 11.3 Å². The van der Waals surface area contributed by atoms with Gasteiger partial charge in [-0.25, -0.2) is 0 Å². The van der Waals surface area contributed by atoms with Gasteiger partial charge in [-0.15, -0.1) is 0 Å². The summed E-state index contributed by atoms with van der Waals surface area (Å²) in [4.78, 5) is 25.7. The molecule has 3 saturated carbocycles. The molecule has 186 valence electrons. The highest BCUT2D eigenvalue weighted by Gasteiger charge is 2.67. The quantitative estimate of drug-likeness (QED) is 0.530. The van der Waals surface area contributed by atoms with Gasteiger partial charge in [0.25, 0.3) is 0 Å². The number of ketones is 2. The van der Waals surface area contributed by atoms with Gasteiger partial charge in [-0.2, -0.15) is 0 Å². The van der Waals surface area contributed by atoms with Crippen LogP contribution >= 0.6 is 0 Å². The number of carbonyl (C=O) groups excluding carboxylic acids is 2. The molecule has 5 aliphatic rings. The molecule has 5 rings (SSSR count). The number of methoxy groups -OCH3 is 1. The molecule has 4 heteroatoms. The largest absolute Gasteiger partial charge is 0.365 e. The van der Waals surface area contributed by atoms with Gasteiger partial charge in [0.1, 0.15) is 0 Å². The normalized spacial score (nSPS) is 50.2. The number of hydrogen-bond acceptors (Lipinski definition) is 4. The van der Waals surface area contributed by atoms with E-state index in [4.69, 9.17) is 10.5 Å². The number of allylic oxidation sites excluding steroid dienone is 4. The van der Waals surface area contributed by atoms with E-state index in [1.165, 1.54) is 44.8 Å². The van der Waals surface area contributed by atoms with Gasteiger partial charge in [0.2, 0.25) is 11.6 Å². The van der Waals surface area contributed by atoms with E-state index in [-0.39, 0.29) is 21.7 Å². The van der Waals surface area contributed by atoms with Crippen LogP contribution in [0.5, 0.6) is 0 Å². The summed E-state index contributed by atoms with van der Waals surface area (Å²) in [5.41, 5.74) is 8.98. The van der Waals surface area contributed by atoms with Crippen molar-refractivity contribution in [3.63, 3.8) is 0 Å². The minimum atomic E-state index is -1.20.